The second-order valence-electron chi connectivity index (χ2n) is 5.61. The first kappa shape index (κ1) is 20.4. The van der Waals surface area contributed by atoms with Crippen LogP contribution in [-0.2, 0) is 16.0 Å². The molecule has 1 unspecified atom stereocenters. The van der Waals surface area contributed by atoms with Crippen molar-refractivity contribution in [2.75, 3.05) is 20.1 Å². The van der Waals surface area contributed by atoms with Crippen molar-refractivity contribution in [3.63, 3.8) is 0 Å². The summed E-state index contributed by atoms with van der Waals surface area (Å²) in [4.78, 5) is 25.0. The molecule has 7 nitrogen and oxygen atoms in total. The third-order valence-corrected chi connectivity index (χ3v) is 3.53. The number of carboxylic acids is 2. The van der Waals surface area contributed by atoms with Crippen LogP contribution in [0.2, 0.25) is 0 Å². The van der Waals surface area contributed by atoms with Crippen molar-refractivity contribution in [2.45, 2.75) is 18.9 Å². The van der Waals surface area contributed by atoms with Gasteiger partial charge in [0.2, 0.25) is 0 Å². The summed E-state index contributed by atoms with van der Waals surface area (Å²) >= 11 is 0. The maximum atomic E-state index is 9.72. The molecule has 4 N–H and O–H groups in total. The lowest BCUT2D eigenvalue weighted by molar-refractivity contribution is -0.152. The minimum Gasteiger partial charge on any atom is -0.481 e. The molecule has 0 aliphatic carbocycles. The number of nitrogens with one attached hydrogen (secondary N) is 1. The van der Waals surface area contributed by atoms with Crippen molar-refractivity contribution in [1.82, 2.24) is 9.88 Å². The lowest BCUT2D eigenvalue weighted by atomic mass is 10.1. The first-order chi connectivity index (χ1) is 11.8. The Hall–Kier alpha value is -2.64. The van der Waals surface area contributed by atoms with Crippen LogP contribution in [0.15, 0.2) is 43.1 Å². The molecule has 1 aromatic carbocycles. The number of H-pyrrole nitrogens is 1. The number of aromatic nitrogens is 1. The van der Waals surface area contributed by atoms with Gasteiger partial charge in [-0.25, -0.2) is 4.79 Å². The van der Waals surface area contributed by atoms with Crippen LogP contribution < -0.4 is 0 Å². The van der Waals surface area contributed by atoms with Crippen LogP contribution in [0, 0.1) is 0 Å². The number of rotatable bonds is 8. The molecule has 1 aromatic heterocycles. The average molecular weight is 348 g/mol. The second-order valence-corrected chi connectivity index (χ2v) is 5.61. The molecule has 0 saturated carbocycles. The van der Waals surface area contributed by atoms with Crippen LogP contribution in [-0.4, -0.2) is 63.4 Å². The van der Waals surface area contributed by atoms with Gasteiger partial charge >= 0.3 is 11.9 Å². The summed E-state index contributed by atoms with van der Waals surface area (Å²) in [5.74, 6) is -2.85. The quantitative estimate of drug-likeness (QED) is 0.540. The number of carboxylic acid groups (broad SMARTS) is 2. The highest BCUT2D eigenvalue weighted by Crippen LogP contribution is 2.18. The SMILES string of the molecule is C=CCN(C)CCc1c[nH]c2ccccc12.O=C(O)CC(O)C(=O)O. The Morgan fingerprint density at radius 1 is 1.32 bits per heavy atom. The summed E-state index contributed by atoms with van der Waals surface area (Å²) in [7, 11) is 2.12. The summed E-state index contributed by atoms with van der Waals surface area (Å²) < 4.78 is 0. The van der Waals surface area contributed by atoms with Crippen LogP contribution in [0.5, 0.6) is 0 Å². The van der Waals surface area contributed by atoms with Gasteiger partial charge in [-0.1, -0.05) is 24.3 Å². The zero-order valence-electron chi connectivity index (χ0n) is 14.2. The van der Waals surface area contributed by atoms with Crippen LogP contribution in [0.4, 0.5) is 0 Å². The third-order valence-electron chi connectivity index (χ3n) is 3.53. The minimum absolute atomic E-state index is 0.755. The van der Waals surface area contributed by atoms with Crippen molar-refractivity contribution in [1.29, 1.82) is 0 Å². The van der Waals surface area contributed by atoms with E-state index in [-0.39, 0.29) is 0 Å². The molecule has 0 aliphatic heterocycles. The lowest BCUT2D eigenvalue weighted by Crippen LogP contribution is -2.22. The molecule has 0 amide bonds. The van der Waals surface area contributed by atoms with Gasteiger partial charge in [0.05, 0.1) is 6.42 Å². The van der Waals surface area contributed by atoms with E-state index in [0.717, 1.165) is 19.5 Å². The molecule has 1 atom stereocenters. The van der Waals surface area contributed by atoms with E-state index in [4.69, 9.17) is 15.3 Å². The average Bonchev–Trinajstić information content (AvgIpc) is 2.96. The molecule has 136 valence electrons. The predicted molar refractivity (Wildman–Crippen MR) is 95.6 cm³/mol. The predicted octanol–water partition coefficient (Wildman–Crippen LogP) is 1.73. The van der Waals surface area contributed by atoms with Crippen LogP contribution in [0.25, 0.3) is 10.9 Å². The molecular weight excluding hydrogens is 324 g/mol. The van der Waals surface area contributed by atoms with Gasteiger partial charge < -0.3 is 25.2 Å². The molecule has 0 bridgehead atoms. The number of carbonyl (C=O) groups is 2. The highest BCUT2D eigenvalue weighted by Gasteiger charge is 2.16. The van der Waals surface area contributed by atoms with Gasteiger partial charge in [-0.05, 0) is 25.1 Å². The Balaban J connectivity index is 0.000000299. The smallest absolute Gasteiger partial charge is 0.333 e. The second kappa shape index (κ2) is 10.3. The molecule has 7 heteroatoms. The monoisotopic (exact) mass is 348 g/mol. The minimum atomic E-state index is -1.79. The number of fused-ring (bicyclic) bond motifs is 1. The number of nitrogens with zero attached hydrogens (tertiary/aromatic N) is 1. The fourth-order valence-corrected chi connectivity index (χ4v) is 2.21. The van der Waals surface area contributed by atoms with E-state index in [0.29, 0.717) is 0 Å². The van der Waals surface area contributed by atoms with Crippen molar-refractivity contribution in [3.05, 3.63) is 48.7 Å². The van der Waals surface area contributed by atoms with Crippen molar-refractivity contribution < 1.29 is 24.9 Å². The van der Waals surface area contributed by atoms with Gasteiger partial charge in [0.1, 0.15) is 0 Å². The zero-order chi connectivity index (χ0) is 18.8. The Labute approximate surface area is 146 Å². The first-order valence-electron chi connectivity index (χ1n) is 7.82. The summed E-state index contributed by atoms with van der Waals surface area (Å²) in [5, 5.41) is 25.5. The topological polar surface area (TPSA) is 114 Å². The number of likely N-dealkylation sites (N-methyl/N-ethyl adjacent to an activating group) is 1. The van der Waals surface area contributed by atoms with Gasteiger partial charge in [-0.15, -0.1) is 6.58 Å². The molecule has 2 rings (SSSR count). The van der Waals surface area contributed by atoms with E-state index in [1.165, 1.54) is 16.5 Å². The Morgan fingerprint density at radius 2 is 2.00 bits per heavy atom. The Bertz CT molecular complexity index is 710. The number of benzene rings is 1. The standard InChI is InChI=1S/C14H18N2.C4H6O5/c1-3-9-16(2)10-8-12-11-15-14-7-5-4-6-13(12)14;5-2(4(8)9)1-3(6)7/h3-7,11,15H,1,8-10H2,2H3;2,5H,1H2,(H,6,7)(H,8,9). The largest absolute Gasteiger partial charge is 0.481 e. The molecular formula is C18H24N2O5. The number of hydrogen-bond donors (Lipinski definition) is 4. The summed E-state index contributed by atoms with van der Waals surface area (Å²) in [6.45, 7) is 5.76. The van der Waals surface area contributed by atoms with Crippen LogP contribution in [0.1, 0.15) is 12.0 Å². The third kappa shape index (κ3) is 7.19. The number of hydrogen-bond acceptors (Lipinski definition) is 4. The van der Waals surface area contributed by atoms with Gasteiger partial charge in [0.15, 0.2) is 6.10 Å². The molecule has 0 aliphatic rings. The molecule has 2 aromatic rings. The fraction of sp³-hybridized carbons (Fsp3) is 0.333. The van der Waals surface area contributed by atoms with Gasteiger partial charge in [-0.2, -0.15) is 0 Å². The van der Waals surface area contributed by atoms with E-state index >= 15 is 0 Å². The van der Waals surface area contributed by atoms with E-state index in [1.807, 2.05) is 6.08 Å². The fourth-order valence-electron chi connectivity index (χ4n) is 2.21. The first-order valence-corrected chi connectivity index (χ1v) is 7.82. The van der Waals surface area contributed by atoms with Crippen molar-refractivity contribution in [2.24, 2.45) is 0 Å². The summed E-state index contributed by atoms with van der Waals surface area (Å²) in [6.07, 6.45) is 2.59. The van der Waals surface area contributed by atoms with Gasteiger partial charge in [-0.3, -0.25) is 4.79 Å². The van der Waals surface area contributed by atoms with Crippen molar-refractivity contribution >= 4 is 22.8 Å². The van der Waals surface area contributed by atoms with Gasteiger partial charge in [0, 0.05) is 30.2 Å². The number of aliphatic hydroxyl groups excluding tert-OH is 1. The highest BCUT2D eigenvalue weighted by molar-refractivity contribution is 5.83. The van der Waals surface area contributed by atoms with Gasteiger partial charge in [0.25, 0.3) is 0 Å². The normalized spacial score (nSPS) is 11.6. The molecule has 0 saturated heterocycles. The maximum absolute atomic E-state index is 9.72. The number of aromatic amines is 1. The Kier molecular flexibility index (Phi) is 8.38. The number of aliphatic hydroxyl groups is 1. The number of para-hydroxylation sites is 1. The lowest BCUT2D eigenvalue weighted by Gasteiger charge is -2.13. The molecule has 0 radical (unpaired) electrons. The van der Waals surface area contributed by atoms with Crippen molar-refractivity contribution in [3.8, 4) is 0 Å². The van der Waals surface area contributed by atoms with E-state index in [1.54, 1.807) is 0 Å². The highest BCUT2D eigenvalue weighted by atomic mass is 16.4. The molecule has 0 fully saturated rings. The van der Waals surface area contributed by atoms with E-state index < -0.39 is 24.5 Å². The maximum Gasteiger partial charge on any atom is 0.333 e. The molecule has 0 spiro atoms. The van der Waals surface area contributed by atoms with E-state index in [2.05, 4.69) is 54.0 Å². The molecule has 25 heavy (non-hydrogen) atoms. The van der Waals surface area contributed by atoms with Crippen LogP contribution >= 0.6 is 0 Å². The number of aliphatic carboxylic acids is 2. The molecule has 1 heterocycles. The van der Waals surface area contributed by atoms with Crippen LogP contribution in [0.3, 0.4) is 0 Å². The Morgan fingerprint density at radius 3 is 2.56 bits per heavy atom. The summed E-state index contributed by atoms with van der Waals surface area (Å²) in [5.41, 5.74) is 2.62. The zero-order valence-corrected chi connectivity index (χ0v) is 14.2. The van der Waals surface area contributed by atoms with E-state index in [9.17, 15) is 9.59 Å². The summed E-state index contributed by atoms with van der Waals surface area (Å²) in [6, 6.07) is 8.44.